The Hall–Kier alpha value is -2.43. The zero-order valence-electron chi connectivity index (χ0n) is 13.7. The van der Waals surface area contributed by atoms with E-state index in [1.54, 1.807) is 0 Å². The molecule has 2 aliphatic rings. The number of amides is 2. The van der Waals surface area contributed by atoms with Gasteiger partial charge in [-0.05, 0) is 55.4 Å². The molecule has 2 aromatic rings. The average molecular weight is 322 g/mol. The Morgan fingerprint density at radius 3 is 2.50 bits per heavy atom. The van der Waals surface area contributed by atoms with Gasteiger partial charge in [-0.1, -0.05) is 24.3 Å². The standard InChI is InChI=1S/C19H22N4O/c24-19(20-18-10-9-17(21-22-18)16-7-8-16)23-12-3-6-14-4-1-2-5-15(14)11-13-23/h1-2,4-5,9-10,16H,3,6-8,11-13H2,(H,20,22,24). The number of carbonyl (C=O) groups excluding carboxylic acids is 1. The van der Waals surface area contributed by atoms with E-state index in [-0.39, 0.29) is 6.03 Å². The molecular weight excluding hydrogens is 300 g/mol. The Labute approximate surface area is 142 Å². The molecule has 2 amide bonds. The molecule has 1 aromatic carbocycles. The van der Waals surface area contributed by atoms with Gasteiger partial charge in [0.15, 0.2) is 5.82 Å². The zero-order valence-corrected chi connectivity index (χ0v) is 13.7. The Balaban J connectivity index is 1.39. The first-order valence-corrected chi connectivity index (χ1v) is 8.76. The number of fused-ring (bicyclic) bond motifs is 1. The third kappa shape index (κ3) is 3.40. The summed E-state index contributed by atoms with van der Waals surface area (Å²) in [5.74, 6) is 1.11. The van der Waals surface area contributed by atoms with Crippen molar-refractivity contribution in [1.29, 1.82) is 0 Å². The summed E-state index contributed by atoms with van der Waals surface area (Å²) >= 11 is 0. The predicted molar refractivity (Wildman–Crippen MR) is 93.1 cm³/mol. The highest BCUT2D eigenvalue weighted by Gasteiger charge is 2.25. The topological polar surface area (TPSA) is 58.1 Å². The first kappa shape index (κ1) is 15.1. The lowest BCUT2D eigenvalue weighted by molar-refractivity contribution is 0.210. The molecule has 2 heterocycles. The first-order chi connectivity index (χ1) is 11.8. The Morgan fingerprint density at radius 1 is 1.00 bits per heavy atom. The van der Waals surface area contributed by atoms with Gasteiger partial charge < -0.3 is 4.90 Å². The molecule has 24 heavy (non-hydrogen) atoms. The van der Waals surface area contributed by atoms with Crippen LogP contribution in [0.4, 0.5) is 10.6 Å². The van der Waals surface area contributed by atoms with E-state index in [2.05, 4.69) is 39.8 Å². The van der Waals surface area contributed by atoms with E-state index in [4.69, 9.17) is 0 Å². The highest BCUT2D eigenvalue weighted by Crippen LogP contribution is 2.38. The summed E-state index contributed by atoms with van der Waals surface area (Å²) in [5.41, 5.74) is 3.80. The predicted octanol–water partition coefficient (Wildman–Crippen LogP) is 3.38. The number of nitrogens with one attached hydrogen (secondary N) is 1. The van der Waals surface area contributed by atoms with Crippen LogP contribution in [0.25, 0.3) is 0 Å². The Kier molecular flexibility index (Phi) is 4.15. The molecule has 0 bridgehead atoms. The molecule has 0 saturated heterocycles. The van der Waals surface area contributed by atoms with Gasteiger partial charge in [0, 0.05) is 19.0 Å². The minimum atomic E-state index is -0.0807. The van der Waals surface area contributed by atoms with Crippen LogP contribution in [0.15, 0.2) is 36.4 Å². The molecule has 124 valence electrons. The number of nitrogens with zero attached hydrogens (tertiary/aromatic N) is 3. The second-order valence-electron chi connectivity index (χ2n) is 6.66. The van der Waals surface area contributed by atoms with Crippen molar-refractivity contribution in [3.05, 3.63) is 53.2 Å². The van der Waals surface area contributed by atoms with Gasteiger partial charge in [0.1, 0.15) is 0 Å². The van der Waals surface area contributed by atoms with Crippen LogP contribution in [0.5, 0.6) is 0 Å². The van der Waals surface area contributed by atoms with E-state index >= 15 is 0 Å². The van der Waals surface area contributed by atoms with Crippen LogP contribution in [0.1, 0.15) is 42.0 Å². The SMILES string of the molecule is O=C(Nc1ccc(C2CC2)nn1)N1CCCc2ccccc2CC1. The maximum Gasteiger partial charge on any atom is 0.323 e. The van der Waals surface area contributed by atoms with Gasteiger partial charge in [-0.15, -0.1) is 5.10 Å². The van der Waals surface area contributed by atoms with Gasteiger partial charge in [0.25, 0.3) is 0 Å². The minimum Gasteiger partial charge on any atom is -0.324 e. The normalized spacial score (nSPS) is 17.6. The molecule has 1 aliphatic heterocycles. The highest BCUT2D eigenvalue weighted by atomic mass is 16.2. The van der Waals surface area contributed by atoms with E-state index in [9.17, 15) is 4.79 Å². The van der Waals surface area contributed by atoms with Gasteiger partial charge >= 0.3 is 6.03 Å². The largest absolute Gasteiger partial charge is 0.324 e. The lowest BCUT2D eigenvalue weighted by atomic mass is 9.98. The first-order valence-electron chi connectivity index (χ1n) is 8.76. The van der Waals surface area contributed by atoms with Crippen molar-refractivity contribution in [2.45, 2.75) is 38.0 Å². The summed E-state index contributed by atoms with van der Waals surface area (Å²) in [6.07, 6.45) is 5.31. The second kappa shape index (κ2) is 6.59. The van der Waals surface area contributed by atoms with Crippen molar-refractivity contribution in [3.8, 4) is 0 Å². The number of carbonyl (C=O) groups is 1. The van der Waals surface area contributed by atoms with E-state index in [1.807, 2.05) is 17.0 Å². The molecule has 5 nitrogen and oxygen atoms in total. The maximum absolute atomic E-state index is 12.5. The van der Waals surface area contributed by atoms with Crippen molar-refractivity contribution >= 4 is 11.8 Å². The lowest BCUT2D eigenvalue weighted by Crippen LogP contribution is -2.38. The number of urea groups is 1. The summed E-state index contributed by atoms with van der Waals surface area (Å²) in [7, 11) is 0. The van der Waals surface area contributed by atoms with Crippen LogP contribution in [0.2, 0.25) is 0 Å². The molecule has 1 fully saturated rings. The summed E-state index contributed by atoms with van der Waals surface area (Å²) in [4.78, 5) is 14.4. The van der Waals surface area contributed by atoms with Crippen LogP contribution in [-0.4, -0.2) is 34.2 Å². The molecule has 5 heteroatoms. The molecule has 1 N–H and O–H groups in total. The third-order valence-corrected chi connectivity index (χ3v) is 4.85. The minimum absolute atomic E-state index is 0.0807. The number of rotatable bonds is 2. The molecule has 0 unspecified atom stereocenters. The van der Waals surface area contributed by atoms with Crippen molar-refractivity contribution in [2.75, 3.05) is 18.4 Å². The zero-order chi connectivity index (χ0) is 16.4. The molecule has 1 saturated carbocycles. The summed E-state index contributed by atoms with van der Waals surface area (Å²) < 4.78 is 0. The molecule has 0 atom stereocenters. The lowest BCUT2D eigenvalue weighted by Gasteiger charge is -2.26. The van der Waals surface area contributed by atoms with E-state index in [0.717, 1.165) is 38.0 Å². The van der Waals surface area contributed by atoms with Gasteiger partial charge in [0.2, 0.25) is 0 Å². The average Bonchev–Trinajstić information content (AvgIpc) is 3.41. The van der Waals surface area contributed by atoms with Gasteiger partial charge in [0.05, 0.1) is 5.69 Å². The van der Waals surface area contributed by atoms with Crippen LogP contribution in [0, 0.1) is 0 Å². The molecule has 4 rings (SSSR count). The number of benzene rings is 1. The van der Waals surface area contributed by atoms with E-state index in [0.29, 0.717) is 11.7 Å². The van der Waals surface area contributed by atoms with Crippen LogP contribution < -0.4 is 5.32 Å². The smallest absolute Gasteiger partial charge is 0.323 e. The molecule has 1 aliphatic carbocycles. The summed E-state index contributed by atoms with van der Waals surface area (Å²) in [6, 6.07) is 12.3. The fourth-order valence-corrected chi connectivity index (χ4v) is 3.27. The molecule has 0 spiro atoms. The fraction of sp³-hybridized carbons (Fsp3) is 0.421. The Bertz CT molecular complexity index is 724. The number of aryl methyl sites for hydroxylation is 1. The van der Waals surface area contributed by atoms with Crippen molar-refractivity contribution in [3.63, 3.8) is 0 Å². The van der Waals surface area contributed by atoms with E-state index < -0.39 is 0 Å². The van der Waals surface area contributed by atoms with Crippen molar-refractivity contribution in [1.82, 2.24) is 15.1 Å². The second-order valence-corrected chi connectivity index (χ2v) is 6.66. The number of anilines is 1. The molecule has 0 radical (unpaired) electrons. The number of hydrogen-bond donors (Lipinski definition) is 1. The monoisotopic (exact) mass is 322 g/mol. The highest BCUT2D eigenvalue weighted by molar-refractivity contribution is 5.88. The Morgan fingerprint density at radius 2 is 1.79 bits per heavy atom. The maximum atomic E-state index is 12.5. The van der Waals surface area contributed by atoms with Crippen molar-refractivity contribution in [2.24, 2.45) is 0 Å². The van der Waals surface area contributed by atoms with Crippen LogP contribution in [0.3, 0.4) is 0 Å². The van der Waals surface area contributed by atoms with Crippen LogP contribution in [-0.2, 0) is 12.8 Å². The quantitative estimate of drug-likeness (QED) is 0.922. The third-order valence-electron chi connectivity index (χ3n) is 4.85. The van der Waals surface area contributed by atoms with Crippen molar-refractivity contribution < 1.29 is 4.79 Å². The number of hydrogen-bond acceptors (Lipinski definition) is 3. The molecule has 1 aromatic heterocycles. The number of aromatic nitrogens is 2. The molecular formula is C19H22N4O. The van der Waals surface area contributed by atoms with Gasteiger partial charge in [-0.25, -0.2) is 4.79 Å². The summed E-state index contributed by atoms with van der Waals surface area (Å²) in [5, 5.41) is 11.2. The van der Waals surface area contributed by atoms with E-state index in [1.165, 1.54) is 24.0 Å². The summed E-state index contributed by atoms with van der Waals surface area (Å²) in [6.45, 7) is 1.50. The van der Waals surface area contributed by atoms with Crippen LogP contribution >= 0.6 is 0 Å². The fourth-order valence-electron chi connectivity index (χ4n) is 3.27. The van der Waals surface area contributed by atoms with Gasteiger partial charge in [-0.2, -0.15) is 5.10 Å². The van der Waals surface area contributed by atoms with Gasteiger partial charge in [-0.3, -0.25) is 5.32 Å².